The van der Waals surface area contributed by atoms with E-state index in [9.17, 15) is 5.11 Å². The number of hydrogen-bond acceptors (Lipinski definition) is 2. The molecule has 3 heteroatoms. The fourth-order valence-electron chi connectivity index (χ4n) is 1.83. The Balaban J connectivity index is 3.16. The van der Waals surface area contributed by atoms with E-state index in [-0.39, 0.29) is 6.10 Å². The lowest BCUT2D eigenvalue weighted by molar-refractivity contribution is 0.195. The van der Waals surface area contributed by atoms with Gasteiger partial charge in [-0.3, -0.25) is 0 Å². The van der Waals surface area contributed by atoms with Crippen molar-refractivity contribution in [3.05, 3.63) is 28.3 Å². The zero-order valence-electron chi connectivity index (χ0n) is 10.2. The minimum absolute atomic E-state index is 0.322. The number of ether oxygens (including phenoxy) is 1. The van der Waals surface area contributed by atoms with E-state index in [1.54, 1.807) is 14.0 Å². The van der Waals surface area contributed by atoms with Crippen molar-refractivity contribution in [2.75, 3.05) is 7.11 Å². The zero-order valence-corrected chi connectivity index (χ0v) is 11.0. The smallest absolute Gasteiger partial charge is 0.124 e. The number of hydrogen-bond donors (Lipinski definition) is 1. The second-order valence-electron chi connectivity index (χ2n) is 4.40. The van der Waals surface area contributed by atoms with Crippen molar-refractivity contribution >= 4 is 11.6 Å². The van der Waals surface area contributed by atoms with Crippen LogP contribution in [0.15, 0.2) is 12.1 Å². The van der Waals surface area contributed by atoms with E-state index in [4.69, 9.17) is 16.3 Å². The van der Waals surface area contributed by atoms with Crippen molar-refractivity contribution in [1.82, 2.24) is 0 Å². The largest absolute Gasteiger partial charge is 0.496 e. The number of rotatable bonds is 4. The molecule has 0 aliphatic carbocycles. The summed E-state index contributed by atoms with van der Waals surface area (Å²) < 4.78 is 5.34. The maximum Gasteiger partial charge on any atom is 0.124 e. The Bertz CT molecular complexity index is 359. The minimum Gasteiger partial charge on any atom is -0.496 e. The Morgan fingerprint density at radius 2 is 1.94 bits per heavy atom. The molecule has 0 fully saturated rings. The summed E-state index contributed by atoms with van der Waals surface area (Å²) in [5, 5.41) is 10.1. The van der Waals surface area contributed by atoms with Gasteiger partial charge in [-0.15, -0.1) is 0 Å². The number of halogens is 1. The molecule has 1 aromatic carbocycles. The molecule has 0 amide bonds. The quantitative estimate of drug-likeness (QED) is 0.877. The van der Waals surface area contributed by atoms with Gasteiger partial charge < -0.3 is 9.84 Å². The first-order valence-corrected chi connectivity index (χ1v) is 5.87. The number of aliphatic hydroxyl groups excluding tert-OH is 1. The Morgan fingerprint density at radius 3 is 2.38 bits per heavy atom. The third-order valence-electron chi connectivity index (χ3n) is 2.48. The Hall–Kier alpha value is -0.730. The van der Waals surface area contributed by atoms with Crippen molar-refractivity contribution < 1.29 is 9.84 Å². The molecule has 0 saturated heterocycles. The Kier molecular flexibility index (Phi) is 4.63. The molecule has 1 atom stereocenters. The third kappa shape index (κ3) is 3.13. The summed E-state index contributed by atoms with van der Waals surface area (Å²) in [5.41, 5.74) is 2.03. The molecule has 1 N–H and O–H groups in total. The minimum atomic E-state index is -0.370. The summed E-state index contributed by atoms with van der Waals surface area (Å²) in [6, 6.07) is 3.86. The van der Waals surface area contributed by atoms with Gasteiger partial charge in [0, 0.05) is 10.6 Å². The summed E-state index contributed by atoms with van der Waals surface area (Å²) in [6.45, 7) is 5.92. The summed E-state index contributed by atoms with van der Waals surface area (Å²) in [7, 11) is 1.64. The fraction of sp³-hybridized carbons (Fsp3) is 0.538. The second-order valence-corrected chi connectivity index (χ2v) is 4.81. The zero-order chi connectivity index (χ0) is 12.3. The predicted molar refractivity (Wildman–Crippen MR) is 67.5 cm³/mol. The summed E-state index contributed by atoms with van der Waals surface area (Å²) in [6.07, 6.45) is 0.222. The van der Waals surface area contributed by atoms with Crippen molar-refractivity contribution in [2.45, 2.75) is 39.2 Å². The standard InChI is InChI=1S/C13H19ClO2/c1-8(2)13-11(14)6-10(5-9(3)15)7-12(13)16-4/h6-9,15H,5H2,1-4H3. The lowest BCUT2D eigenvalue weighted by Crippen LogP contribution is -2.05. The SMILES string of the molecule is COc1cc(CC(C)O)cc(Cl)c1C(C)C. The third-order valence-corrected chi connectivity index (χ3v) is 2.79. The van der Waals surface area contributed by atoms with Gasteiger partial charge in [-0.25, -0.2) is 0 Å². The number of methoxy groups -OCH3 is 1. The van der Waals surface area contributed by atoms with E-state index in [2.05, 4.69) is 13.8 Å². The predicted octanol–water partition coefficient (Wildman–Crippen LogP) is 3.40. The first kappa shape index (κ1) is 13.3. The first-order chi connectivity index (χ1) is 7.45. The number of aliphatic hydroxyl groups is 1. The van der Waals surface area contributed by atoms with E-state index in [0.29, 0.717) is 17.4 Å². The molecule has 0 aliphatic rings. The molecule has 1 unspecified atom stereocenters. The van der Waals surface area contributed by atoms with Crippen LogP contribution in [0.1, 0.15) is 37.8 Å². The molecule has 2 nitrogen and oxygen atoms in total. The summed E-state index contributed by atoms with van der Waals surface area (Å²) >= 11 is 6.23. The van der Waals surface area contributed by atoms with Gasteiger partial charge in [-0.1, -0.05) is 25.4 Å². The van der Waals surface area contributed by atoms with E-state index in [1.807, 2.05) is 12.1 Å². The molecule has 0 saturated carbocycles. The lowest BCUT2D eigenvalue weighted by atomic mass is 9.98. The van der Waals surface area contributed by atoms with Crippen LogP contribution >= 0.6 is 11.6 Å². The molecule has 90 valence electrons. The van der Waals surface area contributed by atoms with Crippen LogP contribution < -0.4 is 4.74 Å². The van der Waals surface area contributed by atoms with Crippen LogP contribution in [-0.4, -0.2) is 18.3 Å². The van der Waals surface area contributed by atoms with Crippen LogP contribution in [0.3, 0.4) is 0 Å². The highest BCUT2D eigenvalue weighted by Gasteiger charge is 2.14. The highest BCUT2D eigenvalue weighted by Crippen LogP contribution is 2.34. The average molecular weight is 243 g/mol. The van der Waals surface area contributed by atoms with Crippen LogP contribution in [0, 0.1) is 0 Å². The van der Waals surface area contributed by atoms with Gasteiger partial charge in [0.25, 0.3) is 0 Å². The van der Waals surface area contributed by atoms with Crippen molar-refractivity contribution in [3.8, 4) is 5.75 Å². The highest BCUT2D eigenvalue weighted by molar-refractivity contribution is 6.31. The maximum atomic E-state index is 9.35. The summed E-state index contributed by atoms with van der Waals surface area (Å²) in [4.78, 5) is 0. The molecule has 0 radical (unpaired) electrons. The monoisotopic (exact) mass is 242 g/mol. The Labute approximate surface area is 102 Å². The maximum absolute atomic E-state index is 9.35. The molecule has 0 spiro atoms. The van der Waals surface area contributed by atoms with Gasteiger partial charge in [-0.2, -0.15) is 0 Å². The average Bonchev–Trinajstić information content (AvgIpc) is 2.14. The molecule has 0 aliphatic heterocycles. The van der Waals surface area contributed by atoms with E-state index < -0.39 is 0 Å². The van der Waals surface area contributed by atoms with Crippen molar-refractivity contribution in [3.63, 3.8) is 0 Å². The van der Waals surface area contributed by atoms with Gasteiger partial charge in [0.1, 0.15) is 5.75 Å². The van der Waals surface area contributed by atoms with Gasteiger partial charge >= 0.3 is 0 Å². The van der Waals surface area contributed by atoms with Gasteiger partial charge in [0.15, 0.2) is 0 Å². The number of benzene rings is 1. The summed E-state index contributed by atoms with van der Waals surface area (Å²) in [5.74, 6) is 1.13. The molecule has 0 bridgehead atoms. The molecular formula is C13H19ClO2. The van der Waals surface area contributed by atoms with Crippen molar-refractivity contribution in [1.29, 1.82) is 0 Å². The fourth-order valence-corrected chi connectivity index (χ4v) is 2.29. The van der Waals surface area contributed by atoms with Crippen molar-refractivity contribution in [2.24, 2.45) is 0 Å². The first-order valence-electron chi connectivity index (χ1n) is 5.50. The molecule has 16 heavy (non-hydrogen) atoms. The lowest BCUT2D eigenvalue weighted by Gasteiger charge is -2.16. The normalized spacial score (nSPS) is 12.9. The van der Waals surface area contributed by atoms with Gasteiger partial charge in [-0.05, 0) is 37.0 Å². The molecule has 0 aromatic heterocycles. The topological polar surface area (TPSA) is 29.5 Å². The molecule has 1 aromatic rings. The van der Waals surface area contributed by atoms with Gasteiger partial charge in [0.2, 0.25) is 0 Å². The van der Waals surface area contributed by atoms with Crippen LogP contribution in [-0.2, 0) is 6.42 Å². The van der Waals surface area contributed by atoms with Gasteiger partial charge in [0.05, 0.1) is 13.2 Å². The van der Waals surface area contributed by atoms with Crippen LogP contribution in [0.5, 0.6) is 5.75 Å². The van der Waals surface area contributed by atoms with E-state index >= 15 is 0 Å². The molecular weight excluding hydrogens is 224 g/mol. The van der Waals surface area contributed by atoms with Crippen LogP contribution in [0.2, 0.25) is 5.02 Å². The van der Waals surface area contributed by atoms with Crippen LogP contribution in [0.25, 0.3) is 0 Å². The van der Waals surface area contributed by atoms with Crippen LogP contribution in [0.4, 0.5) is 0 Å². The van der Waals surface area contributed by atoms with E-state index in [0.717, 1.165) is 16.9 Å². The molecule has 1 rings (SSSR count). The Morgan fingerprint density at radius 1 is 1.31 bits per heavy atom. The molecule has 0 heterocycles. The van der Waals surface area contributed by atoms with E-state index in [1.165, 1.54) is 0 Å². The second kappa shape index (κ2) is 5.55. The highest BCUT2D eigenvalue weighted by atomic mass is 35.5.